The minimum Gasteiger partial charge on any atom is -0.387 e. The second kappa shape index (κ2) is 3.69. The van der Waals surface area contributed by atoms with E-state index in [4.69, 9.17) is 5.11 Å². The second-order valence-electron chi connectivity index (χ2n) is 3.38. The third-order valence-corrected chi connectivity index (χ3v) is 1.18. The first-order chi connectivity index (χ1) is 4.83. The van der Waals surface area contributed by atoms with Gasteiger partial charge in [0.15, 0.2) is 0 Å². The molecule has 4 nitrogen and oxygen atoms in total. The van der Waals surface area contributed by atoms with Crippen LogP contribution in [0.1, 0.15) is 13.8 Å². The molecule has 0 aliphatic rings. The van der Waals surface area contributed by atoms with Crippen molar-refractivity contribution in [3.05, 3.63) is 0 Å². The number of carbonyl (C=O) groups is 1. The van der Waals surface area contributed by atoms with Gasteiger partial charge in [-0.25, -0.2) is 10.0 Å². The Kier molecular flexibility index (Phi) is 3.48. The lowest BCUT2D eigenvalue weighted by Crippen LogP contribution is -2.56. The minimum atomic E-state index is -0.406. The minimum absolute atomic E-state index is 0.0874. The Bertz CT molecular complexity index is 143. The summed E-state index contributed by atoms with van der Waals surface area (Å²) in [6.07, 6.45) is -0.406. The van der Waals surface area contributed by atoms with Crippen LogP contribution in [-0.4, -0.2) is 42.3 Å². The van der Waals surface area contributed by atoms with Crippen molar-refractivity contribution in [3.63, 3.8) is 0 Å². The molecule has 2 N–H and O–H groups in total. The maximum atomic E-state index is 10.6. The van der Waals surface area contributed by atoms with Gasteiger partial charge in [0.2, 0.25) is 0 Å². The molecule has 0 rings (SSSR count). The highest BCUT2D eigenvalue weighted by atomic mass is 16.3. The van der Waals surface area contributed by atoms with Crippen molar-refractivity contribution < 1.29 is 14.5 Å². The first-order valence-corrected chi connectivity index (χ1v) is 3.63. The fourth-order valence-corrected chi connectivity index (χ4v) is 1.13. The van der Waals surface area contributed by atoms with Gasteiger partial charge in [0.05, 0.1) is 14.1 Å². The molecule has 66 valence electrons. The van der Waals surface area contributed by atoms with E-state index in [1.54, 1.807) is 6.92 Å². The van der Waals surface area contributed by atoms with Gasteiger partial charge in [-0.05, 0) is 6.92 Å². The molecule has 0 saturated heterocycles. The van der Waals surface area contributed by atoms with Gasteiger partial charge in [-0.3, -0.25) is 4.79 Å². The quantitative estimate of drug-likeness (QED) is 0.433. The van der Waals surface area contributed by atoms with Crippen LogP contribution in [0.5, 0.6) is 0 Å². The van der Waals surface area contributed by atoms with Crippen LogP contribution in [0.3, 0.4) is 0 Å². The van der Waals surface area contributed by atoms with E-state index in [0.29, 0.717) is 11.1 Å². The van der Waals surface area contributed by atoms with Gasteiger partial charge in [-0.15, -0.1) is 0 Å². The summed E-state index contributed by atoms with van der Waals surface area (Å²) >= 11 is 0. The van der Waals surface area contributed by atoms with Gasteiger partial charge >= 0.3 is 0 Å². The number of amides is 1. The lowest BCUT2D eigenvalue weighted by molar-refractivity contribution is -0.927. The summed E-state index contributed by atoms with van der Waals surface area (Å²) in [5.74, 6) is -0.0874. The van der Waals surface area contributed by atoms with Gasteiger partial charge in [0.1, 0.15) is 12.6 Å². The van der Waals surface area contributed by atoms with E-state index in [1.807, 2.05) is 14.1 Å². The van der Waals surface area contributed by atoms with Crippen molar-refractivity contribution in [1.82, 2.24) is 5.43 Å². The number of rotatable bonds is 3. The molecular formula is C7H17N2O2+. The Morgan fingerprint density at radius 1 is 1.64 bits per heavy atom. The molecule has 4 heteroatoms. The predicted molar refractivity (Wildman–Crippen MR) is 42.5 cm³/mol. The van der Waals surface area contributed by atoms with E-state index in [0.717, 1.165) is 0 Å². The largest absolute Gasteiger partial charge is 0.387 e. The Morgan fingerprint density at radius 3 is 2.36 bits per heavy atom. The normalized spacial score (nSPS) is 14.3. The zero-order valence-corrected chi connectivity index (χ0v) is 7.59. The van der Waals surface area contributed by atoms with Crippen LogP contribution in [-0.2, 0) is 4.79 Å². The van der Waals surface area contributed by atoms with Crippen LogP contribution in [0, 0.1) is 0 Å². The van der Waals surface area contributed by atoms with Gasteiger partial charge in [-0.2, -0.15) is 0 Å². The van der Waals surface area contributed by atoms with E-state index in [2.05, 4.69) is 5.43 Å². The summed E-state index contributed by atoms with van der Waals surface area (Å²) in [7, 11) is 3.66. The molecule has 0 aromatic heterocycles. The second-order valence-corrected chi connectivity index (χ2v) is 3.38. The van der Waals surface area contributed by atoms with Crippen molar-refractivity contribution in [3.8, 4) is 0 Å². The number of aliphatic hydroxyl groups excluding tert-OH is 1. The van der Waals surface area contributed by atoms with Crippen molar-refractivity contribution >= 4 is 5.91 Å². The van der Waals surface area contributed by atoms with E-state index in [-0.39, 0.29) is 5.91 Å². The Labute approximate surface area is 67.4 Å². The number of aliphatic hydroxyl groups is 1. The first-order valence-electron chi connectivity index (χ1n) is 3.63. The number of nitrogens with zero attached hydrogens (tertiary/aromatic N) is 1. The molecule has 0 fully saturated rings. The first kappa shape index (κ1) is 10.4. The summed E-state index contributed by atoms with van der Waals surface area (Å²) in [6, 6.07) is 0. The van der Waals surface area contributed by atoms with Crippen LogP contribution in [0.2, 0.25) is 0 Å². The van der Waals surface area contributed by atoms with Crippen molar-refractivity contribution in [2.75, 3.05) is 20.6 Å². The predicted octanol–water partition coefficient (Wildman–Crippen LogP) is -0.505. The van der Waals surface area contributed by atoms with Gasteiger partial charge < -0.3 is 5.11 Å². The smallest absolute Gasteiger partial charge is 0.261 e. The van der Waals surface area contributed by atoms with Crippen molar-refractivity contribution in [2.45, 2.75) is 20.0 Å². The summed E-state index contributed by atoms with van der Waals surface area (Å²) < 4.78 is 0.312. The van der Waals surface area contributed by atoms with Gasteiger partial charge in [0, 0.05) is 6.92 Å². The highest BCUT2D eigenvalue weighted by Gasteiger charge is 2.18. The monoisotopic (exact) mass is 161 g/mol. The average molecular weight is 161 g/mol. The summed E-state index contributed by atoms with van der Waals surface area (Å²) in [5, 5.41) is 9.03. The van der Waals surface area contributed by atoms with E-state index in [1.165, 1.54) is 6.92 Å². The lowest BCUT2D eigenvalue weighted by Gasteiger charge is -2.29. The highest BCUT2D eigenvalue weighted by Crippen LogP contribution is 1.93. The number of carbonyl (C=O) groups excluding carboxylic acids is 1. The van der Waals surface area contributed by atoms with E-state index >= 15 is 0 Å². The third kappa shape index (κ3) is 5.82. The Morgan fingerprint density at radius 2 is 2.09 bits per heavy atom. The maximum absolute atomic E-state index is 10.6. The molecule has 1 amide bonds. The van der Waals surface area contributed by atoms with Gasteiger partial charge in [-0.1, -0.05) is 0 Å². The zero-order valence-electron chi connectivity index (χ0n) is 7.59. The molecule has 1 unspecified atom stereocenters. The molecule has 0 radical (unpaired) electrons. The summed E-state index contributed by atoms with van der Waals surface area (Å²) in [4.78, 5) is 10.6. The molecule has 0 aliphatic heterocycles. The van der Waals surface area contributed by atoms with E-state index < -0.39 is 6.10 Å². The Hall–Kier alpha value is -0.610. The van der Waals surface area contributed by atoms with Crippen LogP contribution in [0.15, 0.2) is 0 Å². The zero-order chi connectivity index (χ0) is 9.07. The van der Waals surface area contributed by atoms with Crippen molar-refractivity contribution in [1.29, 1.82) is 0 Å². The van der Waals surface area contributed by atoms with Crippen LogP contribution < -0.4 is 5.43 Å². The number of hydrogen-bond donors (Lipinski definition) is 2. The molecule has 0 heterocycles. The SMILES string of the molecule is CC(=O)N[N+](C)(C)CC(C)O. The van der Waals surface area contributed by atoms with Crippen LogP contribution >= 0.6 is 0 Å². The summed E-state index contributed by atoms with van der Waals surface area (Å²) in [5.41, 5.74) is 2.69. The van der Waals surface area contributed by atoms with Crippen LogP contribution in [0.4, 0.5) is 0 Å². The molecule has 0 bridgehead atoms. The maximum Gasteiger partial charge on any atom is 0.261 e. The lowest BCUT2D eigenvalue weighted by atomic mass is 10.4. The molecule has 11 heavy (non-hydrogen) atoms. The average Bonchev–Trinajstić information content (AvgIpc) is 1.53. The fourth-order valence-electron chi connectivity index (χ4n) is 1.13. The number of quaternary nitrogens is 1. The molecule has 0 aliphatic carbocycles. The van der Waals surface area contributed by atoms with Crippen molar-refractivity contribution in [2.24, 2.45) is 0 Å². The molecular weight excluding hydrogens is 144 g/mol. The van der Waals surface area contributed by atoms with E-state index in [9.17, 15) is 4.79 Å². The number of likely N-dealkylation sites (N-methyl/N-ethyl adjacent to an activating group) is 1. The molecule has 0 aromatic rings. The number of hydrogen-bond acceptors (Lipinski definition) is 2. The molecule has 1 atom stereocenters. The topological polar surface area (TPSA) is 49.3 Å². The number of nitrogens with one attached hydrogen (secondary N) is 1. The molecule has 0 aromatic carbocycles. The summed E-state index contributed by atoms with van der Waals surface area (Å²) in [6.45, 7) is 3.67. The highest BCUT2D eigenvalue weighted by molar-refractivity contribution is 5.71. The fraction of sp³-hybridized carbons (Fsp3) is 0.857. The molecule has 0 spiro atoms. The Balaban J connectivity index is 3.89. The standard InChI is InChI=1S/C7H16N2O2/c1-6(10)5-9(3,4)8-7(2)11/h6,10H,5H2,1-4H3/p+1. The van der Waals surface area contributed by atoms with Crippen LogP contribution in [0.25, 0.3) is 0 Å². The molecule has 0 saturated carbocycles. The third-order valence-electron chi connectivity index (χ3n) is 1.18. The van der Waals surface area contributed by atoms with Gasteiger partial charge in [0.25, 0.3) is 5.91 Å².